The molecule has 0 aliphatic heterocycles. The van der Waals surface area contributed by atoms with E-state index in [1.54, 1.807) is 13.0 Å². The molecule has 0 saturated heterocycles. The van der Waals surface area contributed by atoms with E-state index in [2.05, 4.69) is 0 Å². The monoisotopic (exact) mass is 252 g/mol. The van der Waals surface area contributed by atoms with Crippen LogP contribution in [0.15, 0.2) is 17.0 Å². The van der Waals surface area contributed by atoms with Gasteiger partial charge in [-0.2, -0.15) is 0 Å². The standard InChI is InChI=1S/C13H16O3S/c1-5-16-13(15)12(14)10-6-8(2)9(3)7-11(10)17-4/h6-7H,5H2,1-4H3. The maximum atomic E-state index is 11.9. The quantitative estimate of drug-likeness (QED) is 0.358. The molecule has 0 aliphatic rings. The van der Waals surface area contributed by atoms with Crippen molar-refractivity contribution in [3.05, 3.63) is 28.8 Å². The molecule has 1 rings (SSSR count). The van der Waals surface area contributed by atoms with Crippen LogP contribution in [-0.4, -0.2) is 24.6 Å². The molecule has 0 aliphatic carbocycles. The molecule has 1 aromatic carbocycles. The van der Waals surface area contributed by atoms with Crippen LogP contribution in [0.2, 0.25) is 0 Å². The number of esters is 1. The van der Waals surface area contributed by atoms with Crippen molar-refractivity contribution in [2.75, 3.05) is 12.9 Å². The van der Waals surface area contributed by atoms with E-state index >= 15 is 0 Å². The Hall–Kier alpha value is -1.29. The highest BCUT2D eigenvalue weighted by Gasteiger charge is 2.21. The summed E-state index contributed by atoms with van der Waals surface area (Å²) in [4.78, 5) is 24.1. The summed E-state index contributed by atoms with van der Waals surface area (Å²) in [6, 6.07) is 3.67. The van der Waals surface area contributed by atoms with Crippen molar-refractivity contribution >= 4 is 23.5 Å². The van der Waals surface area contributed by atoms with Crippen LogP contribution in [0.3, 0.4) is 0 Å². The highest BCUT2D eigenvalue weighted by Crippen LogP contribution is 2.25. The normalized spacial score (nSPS) is 10.1. The number of aryl methyl sites for hydroxylation is 2. The molecule has 3 nitrogen and oxygen atoms in total. The smallest absolute Gasteiger partial charge is 0.379 e. The molecule has 0 atom stereocenters. The fourth-order valence-corrected chi connectivity index (χ4v) is 2.11. The summed E-state index contributed by atoms with van der Waals surface area (Å²) in [7, 11) is 0. The number of rotatable bonds is 4. The largest absolute Gasteiger partial charge is 0.460 e. The minimum atomic E-state index is -0.786. The Morgan fingerprint density at radius 2 is 1.82 bits per heavy atom. The lowest BCUT2D eigenvalue weighted by atomic mass is 10.0. The summed E-state index contributed by atoms with van der Waals surface area (Å²) in [5.74, 6) is -1.36. The molecule has 17 heavy (non-hydrogen) atoms. The van der Waals surface area contributed by atoms with E-state index in [9.17, 15) is 9.59 Å². The summed E-state index contributed by atoms with van der Waals surface area (Å²) < 4.78 is 4.73. The van der Waals surface area contributed by atoms with Crippen molar-refractivity contribution in [1.82, 2.24) is 0 Å². The average Bonchev–Trinajstić information content (AvgIpc) is 2.31. The molecule has 0 fully saturated rings. The maximum Gasteiger partial charge on any atom is 0.379 e. The summed E-state index contributed by atoms with van der Waals surface area (Å²) in [6.07, 6.45) is 1.88. The molecule has 0 saturated carbocycles. The van der Waals surface area contributed by atoms with Crippen LogP contribution in [-0.2, 0) is 9.53 Å². The molecule has 0 spiro atoms. The van der Waals surface area contributed by atoms with Crippen molar-refractivity contribution < 1.29 is 14.3 Å². The first-order valence-corrected chi connectivity index (χ1v) is 6.60. The van der Waals surface area contributed by atoms with Crippen LogP contribution < -0.4 is 0 Å². The van der Waals surface area contributed by atoms with Crippen LogP contribution in [0.25, 0.3) is 0 Å². The molecule has 0 N–H and O–H groups in total. The number of ketones is 1. The molecule has 1 aromatic rings. The lowest BCUT2D eigenvalue weighted by Gasteiger charge is -2.09. The van der Waals surface area contributed by atoms with Crippen molar-refractivity contribution in [3.8, 4) is 0 Å². The van der Waals surface area contributed by atoms with Crippen molar-refractivity contribution in [1.29, 1.82) is 0 Å². The number of Topliss-reactive ketones (excluding diaryl/α,β-unsaturated/α-hetero) is 1. The van der Waals surface area contributed by atoms with Gasteiger partial charge in [0.05, 0.1) is 6.61 Å². The van der Waals surface area contributed by atoms with Crippen LogP contribution >= 0.6 is 11.8 Å². The molecule has 92 valence electrons. The highest BCUT2D eigenvalue weighted by molar-refractivity contribution is 7.98. The number of hydrogen-bond acceptors (Lipinski definition) is 4. The van der Waals surface area contributed by atoms with E-state index < -0.39 is 11.8 Å². The topological polar surface area (TPSA) is 43.4 Å². The number of carbonyl (C=O) groups is 2. The molecular formula is C13H16O3S. The van der Waals surface area contributed by atoms with E-state index in [0.29, 0.717) is 5.56 Å². The predicted molar refractivity (Wildman–Crippen MR) is 68.7 cm³/mol. The first-order chi connectivity index (χ1) is 8.01. The molecule has 0 unspecified atom stereocenters. The summed E-state index contributed by atoms with van der Waals surface area (Å²) in [5.41, 5.74) is 2.53. The lowest BCUT2D eigenvalue weighted by molar-refractivity contribution is -0.137. The summed E-state index contributed by atoms with van der Waals surface area (Å²) in [5, 5.41) is 0. The number of hydrogen-bond donors (Lipinski definition) is 0. The Labute approximate surface area is 106 Å². The first kappa shape index (κ1) is 13.8. The average molecular weight is 252 g/mol. The van der Waals surface area contributed by atoms with E-state index in [0.717, 1.165) is 16.0 Å². The molecule has 0 bridgehead atoms. The van der Waals surface area contributed by atoms with Gasteiger partial charge in [-0.25, -0.2) is 4.79 Å². The van der Waals surface area contributed by atoms with Crippen LogP contribution in [0.5, 0.6) is 0 Å². The minimum absolute atomic E-state index is 0.212. The van der Waals surface area contributed by atoms with E-state index in [1.165, 1.54) is 11.8 Å². The van der Waals surface area contributed by atoms with Gasteiger partial charge in [-0.3, -0.25) is 4.79 Å². The Morgan fingerprint density at radius 1 is 1.24 bits per heavy atom. The Morgan fingerprint density at radius 3 is 2.35 bits per heavy atom. The van der Waals surface area contributed by atoms with E-state index in [1.807, 2.05) is 26.2 Å². The van der Waals surface area contributed by atoms with Crippen LogP contribution in [0.1, 0.15) is 28.4 Å². The molecular weight excluding hydrogens is 236 g/mol. The first-order valence-electron chi connectivity index (χ1n) is 5.38. The Bertz CT molecular complexity index is 452. The van der Waals surface area contributed by atoms with Gasteiger partial charge >= 0.3 is 5.97 Å². The molecule has 4 heteroatoms. The maximum absolute atomic E-state index is 11.9. The van der Waals surface area contributed by atoms with Crippen LogP contribution in [0, 0.1) is 13.8 Å². The van der Waals surface area contributed by atoms with Gasteiger partial charge in [0, 0.05) is 10.5 Å². The Kier molecular flexibility index (Phi) is 4.75. The van der Waals surface area contributed by atoms with E-state index in [4.69, 9.17) is 4.74 Å². The second-order valence-corrected chi connectivity index (χ2v) is 4.53. The minimum Gasteiger partial charge on any atom is -0.460 e. The number of carbonyl (C=O) groups excluding carboxylic acids is 2. The molecule has 0 heterocycles. The number of ether oxygens (including phenoxy) is 1. The zero-order valence-corrected chi connectivity index (χ0v) is 11.3. The molecule has 0 amide bonds. The van der Waals surface area contributed by atoms with Crippen molar-refractivity contribution in [3.63, 3.8) is 0 Å². The number of thioether (sulfide) groups is 1. The van der Waals surface area contributed by atoms with Gasteiger partial charge in [0.2, 0.25) is 0 Å². The SMILES string of the molecule is CCOC(=O)C(=O)c1cc(C)c(C)cc1SC. The lowest BCUT2D eigenvalue weighted by Crippen LogP contribution is -2.18. The van der Waals surface area contributed by atoms with Gasteiger partial charge < -0.3 is 4.74 Å². The van der Waals surface area contributed by atoms with Gasteiger partial charge in [-0.1, -0.05) is 0 Å². The zero-order chi connectivity index (χ0) is 13.0. The third-order valence-corrected chi connectivity index (χ3v) is 3.30. The zero-order valence-electron chi connectivity index (χ0n) is 10.5. The summed E-state index contributed by atoms with van der Waals surface area (Å²) in [6.45, 7) is 5.79. The number of benzene rings is 1. The van der Waals surface area contributed by atoms with Gasteiger partial charge in [0.25, 0.3) is 5.78 Å². The fourth-order valence-electron chi connectivity index (χ4n) is 1.44. The van der Waals surface area contributed by atoms with Crippen molar-refractivity contribution in [2.24, 2.45) is 0 Å². The van der Waals surface area contributed by atoms with Gasteiger partial charge in [-0.15, -0.1) is 11.8 Å². The van der Waals surface area contributed by atoms with Crippen LogP contribution in [0.4, 0.5) is 0 Å². The van der Waals surface area contributed by atoms with Crippen molar-refractivity contribution in [2.45, 2.75) is 25.7 Å². The molecule has 0 radical (unpaired) electrons. The van der Waals surface area contributed by atoms with Gasteiger partial charge in [-0.05, 0) is 50.3 Å². The third kappa shape index (κ3) is 3.09. The van der Waals surface area contributed by atoms with Gasteiger partial charge in [0.15, 0.2) is 0 Å². The fraction of sp³-hybridized carbons (Fsp3) is 0.385. The second-order valence-electron chi connectivity index (χ2n) is 3.69. The second kappa shape index (κ2) is 5.87. The predicted octanol–water partition coefficient (Wildman–Crippen LogP) is 2.77. The van der Waals surface area contributed by atoms with E-state index in [-0.39, 0.29) is 6.61 Å². The highest BCUT2D eigenvalue weighted by atomic mass is 32.2. The third-order valence-electron chi connectivity index (χ3n) is 2.52. The summed E-state index contributed by atoms with van der Waals surface area (Å²) >= 11 is 1.45. The van der Waals surface area contributed by atoms with Gasteiger partial charge in [0.1, 0.15) is 0 Å². The Balaban J connectivity index is 3.16. The molecule has 0 aromatic heterocycles.